The van der Waals surface area contributed by atoms with E-state index >= 15 is 0 Å². The number of ether oxygens (including phenoxy) is 1. The molecule has 0 saturated carbocycles. The van der Waals surface area contributed by atoms with Crippen molar-refractivity contribution >= 4 is 11.4 Å². The molecule has 2 aromatic rings. The van der Waals surface area contributed by atoms with Gasteiger partial charge in [-0.3, -0.25) is 10.1 Å². The Hall–Kier alpha value is -2.48. The van der Waals surface area contributed by atoms with E-state index in [4.69, 9.17) is 15.0 Å². The summed E-state index contributed by atoms with van der Waals surface area (Å²) >= 11 is 0. The lowest BCUT2D eigenvalue weighted by molar-refractivity contribution is -0.383. The highest BCUT2D eigenvalue weighted by atomic mass is 16.6. The molecule has 100 valence electrons. The molecule has 0 aliphatic rings. The SMILES string of the molecule is CCOCc1noc(-c2ccc(N)c([N+](=O)[O-])c2)n1. The van der Waals surface area contributed by atoms with Gasteiger partial charge in [-0.2, -0.15) is 4.98 Å². The number of benzene rings is 1. The number of nitrogen functional groups attached to an aromatic ring is 1. The fourth-order valence-corrected chi connectivity index (χ4v) is 1.46. The minimum atomic E-state index is -0.559. The Kier molecular flexibility index (Phi) is 3.71. The summed E-state index contributed by atoms with van der Waals surface area (Å²) in [5.41, 5.74) is 5.85. The number of aromatic nitrogens is 2. The maximum Gasteiger partial charge on any atom is 0.292 e. The highest BCUT2D eigenvalue weighted by molar-refractivity contribution is 5.67. The van der Waals surface area contributed by atoms with Gasteiger partial charge in [0, 0.05) is 18.2 Å². The maximum atomic E-state index is 10.8. The second-order valence-electron chi connectivity index (χ2n) is 3.68. The van der Waals surface area contributed by atoms with Crippen molar-refractivity contribution in [3.05, 3.63) is 34.1 Å². The van der Waals surface area contributed by atoms with Crippen molar-refractivity contribution in [1.82, 2.24) is 10.1 Å². The van der Waals surface area contributed by atoms with Gasteiger partial charge in [-0.15, -0.1) is 0 Å². The second kappa shape index (κ2) is 5.44. The average Bonchev–Trinajstić information content (AvgIpc) is 2.85. The number of rotatable bonds is 5. The van der Waals surface area contributed by atoms with Gasteiger partial charge in [-0.25, -0.2) is 0 Å². The van der Waals surface area contributed by atoms with Crippen molar-refractivity contribution < 1.29 is 14.2 Å². The van der Waals surface area contributed by atoms with Gasteiger partial charge < -0.3 is 15.0 Å². The number of anilines is 1. The number of nitro benzene ring substituents is 1. The molecule has 0 saturated heterocycles. The molecule has 1 aromatic heterocycles. The molecule has 8 nitrogen and oxygen atoms in total. The van der Waals surface area contributed by atoms with Gasteiger partial charge in [0.2, 0.25) is 0 Å². The smallest absolute Gasteiger partial charge is 0.292 e. The molecule has 0 aliphatic heterocycles. The molecule has 0 fully saturated rings. The molecule has 0 radical (unpaired) electrons. The van der Waals surface area contributed by atoms with E-state index in [2.05, 4.69) is 10.1 Å². The molecule has 0 aliphatic carbocycles. The molecule has 0 unspecified atom stereocenters. The zero-order chi connectivity index (χ0) is 13.8. The summed E-state index contributed by atoms with van der Waals surface area (Å²) in [5.74, 6) is 0.578. The molecule has 8 heteroatoms. The zero-order valence-corrected chi connectivity index (χ0v) is 10.2. The molecule has 0 spiro atoms. The molecule has 2 N–H and O–H groups in total. The van der Waals surface area contributed by atoms with Crippen LogP contribution in [0.1, 0.15) is 12.7 Å². The van der Waals surface area contributed by atoms with Crippen LogP contribution < -0.4 is 5.73 Å². The van der Waals surface area contributed by atoms with Crippen LogP contribution in [0.2, 0.25) is 0 Å². The van der Waals surface area contributed by atoms with Gasteiger partial charge in [0.05, 0.1) is 4.92 Å². The zero-order valence-electron chi connectivity index (χ0n) is 10.2. The van der Waals surface area contributed by atoms with Gasteiger partial charge in [0.25, 0.3) is 11.6 Å². The quantitative estimate of drug-likeness (QED) is 0.496. The number of hydrogen-bond donors (Lipinski definition) is 1. The third-order valence-corrected chi connectivity index (χ3v) is 2.38. The van der Waals surface area contributed by atoms with Gasteiger partial charge in [-0.1, -0.05) is 5.16 Å². The van der Waals surface area contributed by atoms with Crippen molar-refractivity contribution in [1.29, 1.82) is 0 Å². The standard InChI is InChI=1S/C11H12N4O4/c1-2-18-6-10-13-11(19-14-10)7-3-4-8(12)9(5-7)15(16)17/h3-5H,2,6,12H2,1H3. The fourth-order valence-electron chi connectivity index (χ4n) is 1.46. The van der Waals surface area contributed by atoms with E-state index < -0.39 is 4.92 Å². The Labute approximate surface area is 108 Å². The van der Waals surface area contributed by atoms with Crippen LogP contribution in [-0.2, 0) is 11.3 Å². The van der Waals surface area contributed by atoms with Gasteiger partial charge in [-0.05, 0) is 19.1 Å². The van der Waals surface area contributed by atoms with Crippen molar-refractivity contribution in [2.75, 3.05) is 12.3 Å². The number of hydrogen-bond acceptors (Lipinski definition) is 7. The van der Waals surface area contributed by atoms with Crippen LogP contribution in [0, 0.1) is 10.1 Å². The molecule has 1 aromatic carbocycles. The summed E-state index contributed by atoms with van der Waals surface area (Å²) in [6.45, 7) is 2.62. The third kappa shape index (κ3) is 2.86. The van der Waals surface area contributed by atoms with E-state index in [9.17, 15) is 10.1 Å². The maximum absolute atomic E-state index is 10.8. The molecule has 1 heterocycles. The van der Waals surface area contributed by atoms with Gasteiger partial charge >= 0.3 is 0 Å². The monoisotopic (exact) mass is 264 g/mol. The predicted molar refractivity (Wildman–Crippen MR) is 66.1 cm³/mol. The van der Waals surface area contributed by atoms with E-state index in [1.807, 2.05) is 6.92 Å². The van der Waals surface area contributed by atoms with Crippen molar-refractivity contribution in [3.8, 4) is 11.5 Å². The van der Waals surface area contributed by atoms with Crippen molar-refractivity contribution in [2.45, 2.75) is 13.5 Å². The molecule has 0 atom stereocenters. The van der Waals surface area contributed by atoms with Crippen LogP contribution in [0.4, 0.5) is 11.4 Å². The molecule has 0 bridgehead atoms. The summed E-state index contributed by atoms with van der Waals surface area (Å²) in [7, 11) is 0. The van der Waals surface area contributed by atoms with E-state index in [1.165, 1.54) is 12.1 Å². The molecule has 0 amide bonds. The Balaban J connectivity index is 2.29. The van der Waals surface area contributed by atoms with Crippen LogP contribution in [0.3, 0.4) is 0 Å². The number of nitrogens with two attached hydrogens (primary N) is 1. The Morgan fingerprint density at radius 2 is 2.32 bits per heavy atom. The van der Waals surface area contributed by atoms with Gasteiger partial charge in [0.15, 0.2) is 5.82 Å². The normalized spacial score (nSPS) is 10.6. The highest BCUT2D eigenvalue weighted by Gasteiger charge is 2.16. The number of nitrogens with zero attached hydrogens (tertiary/aromatic N) is 3. The summed E-state index contributed by atoms with van der Waals surface area (Å²) < 4.78 is 10.2. The van der Waals surface area contributed by atoms with Gasteiger partial charge in [0.1, 0.15) is 12.3 Å². The summed E-state index contributed by atoms with van der Waals surface area (Å²) in [5, 5.41) is 14.5. The highest BCUT2D eigenvalue weighted by Crippen LogP contribution is 2.27. The Bertz CT molecular complexity index is 596. The minimum absolute atomic E-state index is 0.0859. The topological polar surface area (TPSA) is 117 Å². The first-order valence-corrected chi connectivity index (χ1v) is 5.56. The first kappa shape index (κ1) is 13.0. The van der Waals surface area contributed by atoms with Crippen LogP contribution >= 0.6 is 0 Å². The molecular formula is C11H12N4O4. The molecule has 2 rings (SSSR count). The van der Waals surface area contributed by atoms with E-state index in [1.54, 1.807) is 6.07 Å². The molecular weight excluding hydrogens is 252 g/mol. The molecule has 19 heavy (non-hydrogen) atoms. The first-order chi connectivity index (χ1) is 9.11. The van der Waals surface area contributed by atoms with Crippen LogP contribution in [0.15, 0.2) is 22.7 Å². The summed E-state index contributed by atoms with van der Waals surface area (Å²) in [4.78, 5) is 14.3. The number of nitro groups is 1. The van der Waals surface area contributed by atoms with Crippen molar-refractivity contribution in [3.63, 3.8) is 0 Å². The van der Waals surface area contributed by atoms with Crippen LogP contribution in [0.25, 0.3) is 11.5 Å². The van der Waals surface area contributed by atoms with E-state index in [0.29, 0.717) is 18.0 Å². The van der Waals surface area contributed by atoms with Crippen molar-refractivity contribution in [2.24, 2.45) is 0 Å². The summed E-state index contributed by atoms with van der Waals surface area (Å²) in [6, 6.07) is 4.31. The predicted octanol–water partition coefficient (Wildman–Crippen LogP) is 1.76. The first-order valence-electron chi connectivity index (χ1n) is 5.56. The Morgan fingerprint density at radius 1 is 1.53 bits per heavy atom. The van der Waals surface area contributed by atoms with Crippen LogP contribution in [-0.4, -0.2) is 21.7 Å². The summed E-state index contributed by atoms with van der Waals surface area (Å²) in [6.07, 6.45) is 0. The Morgan fingerprint density at radius 3 is 3.00 bits per heavy atom. The third-order valence-electron chi connectivity index (χ3n) is 2.38. The minimum Gasteiger partial charge on any atom is -0.393 e. The fraction of sp³-hybridized carbons (Fsp3) is 0.273. The second-order valence-corrected chi connectivity index (χ2v) is 3.68. The largest absolute Gasteiger partial charge is 0.393 e. The lowest BCUT2D eigenvalue weighted by atomic mass is 10.2. The average molecular weight is 264 g/mol. The lowest BCUT2D eigenvalue weighted by Crippen LogP contribution is -1.96. The van der Waals surface area contributed by atoms with E-state index in [-0.39, 0.29) is 23.9 Å². The van der Waals surface area contributed by atoms with Crippen LogP contribution in [0.5, 0.6) is 0 Å². The lowest BCUT2D eigenvalue weighted by Gasteiger charge is -1.98. The van der Waals surface area contributed by atoms with E-state index in [0.717, 1.165) is 0 Å².